The number of nitrogens with one attached hydrogen (secondary N) is 2. The summed E-state index contributed by atoms with van der Waals surface area (Å²) >= 11 is 6.81. The van der Waals surface area contributed by atoms with E-state index >= 15 is 0 Å². The van der Waals surface area contributed by atoms with Crippen molar-refractivity contribution in [3.05, 3.63) is 51.7 Å². The first kappa shape index (κ1) is 21.0. The molecule has 3 aromatic rings. The smallest absolute Gasteiger partial charge is 0.221 e. The highest BCUT2D eigenvalue weighted by Gasteiger charge is 2.17. The molecular formula is C18H14ClFN4O3S2. The Labute approximate surface area is 176 Å². The molecule has 0 radical (unpaired) electrons. The van der Waals surface area contributed by atoms with Crippen LogP contribution in [0.15, 0.2) is 35.5 Å². The number of carbonyl (C=O) groups excluding carboxylic acids is 2. The van der Waals surface area contributed by atoms with Gasteiger partial charge in [0.25, 0.3) is 0 Å². The lowest BCUT2D eigenvalue weighted by molar-refractivity contribution is -0.114. The van der Waals surface area contributed by atoms with Crippen molar-refractivity contribution in [2.45, 2.75) is 18.9 Å². The van der Waals surface area contributed by atoms with E-state index < -0.39 is 16.8 Å². The van der Waals surface area contributed by atoms with Crippen molar-refractivity contribution < 1.29 is 18.2 Å². The van der Waals surface area contributed by atoms with Crippen molar-refractivity contribution in [1.29, 1.82) is 0 Å². The van der Waals surface area contributed by atoms with Gasteiger partial charge in [0.15, 0.2) is 27.4 Å². The Hall–Kier alpha value is -2.69. The molecule has 2 N–H and O–H groups in total. The zero-order chi connectivity index (χ0) is 21.1. The summed E-state index contributed by atoms with van der Waals surface area (Å²) in [7, 11) is -1.76. The third-order valence-electron chi connectivity index (χ3n) is 3.66. The Kier molecular flexibility index (Phi) is 6.36. The second kappa shape index (κ2) is 8.76. The van der Waals surface area contributed by atoms with Gasteiger partial charge >= 0.3 is 0 Å². The number of rotatable bonds is 6. The van der Waals surface area contributed by atoms with Gasteiger partial charge in [-0.3, -0.25) is 14.3 Å². The Morgan fingerprint density at radius 3 is 2.72 bits per heavy atom. The summed E-state index contributed by atoms with van der Waals surface area (Å²) < 4.78 is 28.8. The van der Waals surface area contributed by atoms with Gasteiger partial charge in [-0.1, -0.05) is 22.9 Å². The Bertz CT molecular complexity index is 1140. The van der Waals surface area contributed by atoms with Gasteiger partial charge in [0.05, 0.1) is 27.5 Å². The molecule has 150 valence electrons. The summed E-state index contributed by atoms with van der Waals surface area (Å²) in [6, 6.07) is 5.65. The summed E-state index contributed by atoms with van der Waals surface area (Å²) in [6.45, 7) is 3.08. The molecule has 2 heterocycles. The number of hydrogen-bond donors (Lipinski definition) is 2. The lowest BCUT2D eigenvalue weighted by Crippen LogP contribution is -2.10. The number of pyridine rings is 1. The summed E-state index contributed by atoms with van der Waals surface area (Å²) in [6.07, 6.45) is 2.01. The number of aryl methyl sites for hydroxylation is 1. The normalized spacial score (nSPS) is 11.7. The molecule has 11 heteroatoms. The van der Waals surface area contributed by atoms with Crippen LogP contribution in [0.1, 0.15) is 22.2 Å². The zero-order valence-corrected chi connectivity index (χ0v) is 17.5. The minimum Gasteiger partial charge on any atom is -0.325 e. The van der Waals surface area contributed by atoms with Crippen LogP contribution in [0.4, 0.5) is 15.2 Å². The van der Waals surface area contributed by atoms with E-state index in [-0.39, 0.29) is 26.0 Å². The van der Waals surface area contributed by atoms with Crippen molar-refractivity contribution in [1.82, 2.24) is 9.97 Å². The van der Waals surface area contributed by atoms with Crippen LogP contribution >= 0.6 is 22.9 Å². The molecule has 0 fully saturated rings. The number of aromatic nitrogens is 2. The van der Waals surface area contributed by atoms with Gasteiger partial charge in [0.1, 0.15) is 5.82 Å². The van der Waals surface area contributed by atoms with Gasteiger partial charge in [-0.2, -0.15) is 0 Å². The number of carbonyl (C=O) groups is 2. The molecule has 1 aromatic carbocycles. The van der Waals surface area contributed by atoms with Gasteiger partial charge in [-0.05, 0) is 36.8 Å². The standard InChI is InChI=1S/C18H14ClFN4O3S2/c1-9-5-12(22-10(2)26)7-21-17(9)29(27)24-18-23-16(15(8-25)28-18)11-3-4-14(20)13(19)6-11/h3-8H,1-2H3,(H,22,26)(H,23,24). The third-order valence-corrected chi connectivity index (χ3v) is 6.13. The van der Waals surface area contributed by atoms with Crippen LogP contribution in [0.3, 0.4) is 0 Å². The maximum absolute atomic E-state index is 13.4. The van der Waals surface area contributed by atoms with E-state index in [0.29, 0.717) is 28.8 Å². The van der Waals surface area contributed by atoms with Crippen LogP contribution in [0.2, 0.25) is 5.02 Å². The Morgan fingerprint density at radius 2 is 2.10 bits per heavy atom. The van der Waals surface area contributed by atoms with E-state index in [9.17, 15) is 18.2 Å². The van der Waals surface area contributed by atoms with E-state index in [1.54, 1.807) is 13.0 Å². The molecule has 29 heavy (non-hydrogen) atoms. The summed E-state index contributed by atoms with van der Waals surface area (Å²) in [5.41, 5.74) is 1.85. The number of thiazole rings is 1. The number of halogens is 2. The van der Waals surface area contributed by atoms with E-state index in [4.69, 9.17) is 11.6 Å². The van der Waals surface area contributed by atoms with E-state index in [0.717, 1.165) is 11.3 Å². The van der Waals surface area contributed by atoms with Gasteiger partial charge in [0, 0.05) is 12.5 Å². The topological polar surface area (TPSA) is 101 Å². The highest BCUT2D eigenvalue weighted by molar-refractivity contribution is 7.86. The lowest BCUT2D eigenvalue weighted by atomic mass is 10.1. The fourth-order valence-electron chi connectivity index (χ4n) is 2.46. The first-order valence-electron chi connectivity index (χ1n) is 8.12. The second-order valence-corrected chi connectivity index (χ2v) is 8.44. The second-order valence-electron chi connectivity index (χ2n) is 5.88. The number of benzene rings is 1. The maximum Gasteiger partial charge on any atom is 0.221 e. The van der Waals surface area contributed by atoms with Gasteiger partial charge in [-0.15, -0.1) is 0 Å². The molecular weight excluding hydrogens is 439 g/mol. The quantitative estimate of drug-likeness (QED) is 0.545. The summed E-state index contributed by atoms with van der Waals surface area (Å²) in [5, 5.41) is 2.99. The minimum absolute atomic E-state index is 0.0930. The molecule has 1 unspecified atom stereocenters. The first-order valence-corrected chi connectivity index (χ1v) is 10.5. The Balaban J connectivity index is 1.86. The molecule has 0 saturated heterocycles. The fraction of sp³-hybridized carbons (Fsp3) is 0.111. The van der Waals surface area contributed by atoms with Crippen LogP contribution in [0, 0.1) is 12.7 Å². The molecule has 0 aliphatic carbocycles. The number of amides is 1. The highest BCUT2D eigenvalue weighted by Crippen LogP contribution is 2.32. The molecule has 0 saturated carbocycles. The first-order chi connectivity index (χ1) is 13.8. The number of nitrogens with zero attached hydrogens (tertiary/aromatic N) is 2. The third kappa shape index (κ3) is 4.84. The summed E-state index contributed by atoms with van der Waals surface area (Å²) in [4.78, 5) is 31.2. The molecule has 0 bridgehead atoms. The molecule has 0 aliphatic heterocycles. The van der Waals surface area contributed by atoms with Crippen LogP contribution in [-0.2, 0) is 15.8 Å². The van der Waals surface area contributed by atoms with Crippen molar-refractivity contribution >= 4 is 56.9 Å². The van der Waals surface area contributed by atoms with Crippen molar-refractivity contribution in [3.63, 3.8) is 0 Å². The van der Waals surface area contributed by atoms with E-state index in [1.807, 2.05) is 0 Å². The molecule has 2 aromatic heterocycles. The van der Waals surface area contributed by atoms with E-state index in [1.165, 1.54) is 31.3 Å². The van der Waals surface area contributed by atoms with E-state index in [2.05, 4.69) is 20.0 Å². The van der Waals surface area contributed by atoms with Crippen molar-refractivity contribution in [3.8, 4) is 11.3 Å². The predicted octanol–water partition coefficient (Wildman–Crippen LogP) is 4.21. The lowest BCUT2D eigenvalue weighted by Gasteiger charge is -2.08. The minimum atomic E-state index is -1.76. The van der Waals surface area contributed by atoms with Crippen LogP contribution in [-0.4, -0.2) is 26.4 Å². The summed E-state index contributed by atoms with van der Waals surface area (Å²) in [5.74, 6) is -0.821. The van der Waals surface area contributed by atoms with Crippen LogP contribution in [0.25, 0.3) is 11.3 Å². The number of aldehydes is 1. The maximum atomic E-state index is 13.4. The average molecular weight is 453 g/mol. The Morgan fingerprint density at radius 1 is 1.34 bits per heavy atom. The largest absolute Gasteiger partial charge is 0.325 e. The molecule has 0 aliphatic rings. The SMILES string of the molecule is CC(=O)Nc1cnc(S(=O)Nc2nc(-c3ccc(F)c(Cl)c3)c(C=O)s2)c(C)c1. The molecule has 0 spiro atoms. The zero-order valence-electron chi connectivity index (χ0n) is 15.2. The number of hydrogen-bond acceptors (Lipinski definition) is 6. The highest BCUT2D eigenvalue weighted by atomic mass is 35.5. The monoisotopic (exact) mass is 452 g/mol. The van der Waals surface area contributed by atoms with Gasteiger partial charge in [-0.25, -0.2) is 18.6 Å². The molecule has 3 rings (SSSR count). The van der Waals surface area contributed by atoms with Gasteiger partial charge in [0.2, 0.25) is 5.91 Å². The predicted molar refractivity (Wildman–Crippen MR) is 111 cm³/mol. The average Bonchev–Trinajstić information content (AvgIpc) is 3.06. The molecule has 1 amide bonds. The van der Waals surface area contributed by atoms with Crippen molar-refractivity contribution in [2.75, 3.05) is 10.0 Å². The van der Waals surface area contributed by atoms with Crippen LogP contribution < -0.4 is 10.0 Å². The van der Waals surface area contributed by atoms with Gasteiger partial charge < -0.3 is 5.32 Å². The number of anilines is 2. The van der Waals surface area contributed by atoms with Crippen molar-refractivity contribution in [2.24, 2.45) is 0 Å². The van der Waals surface area contributed by atoms with Crippen LogP contribution in [0.5, 0.6) is 0 Å². The fourth-order valence-corrected chi connectivity index (χ4v) is 4.49. The molecule has 7 nitrogen and oxygen atoms in total. The molecule has 1 atom stereocenters.